The first-order valence-electron chi connectivity index (χ1n) is 4.37. The zero-order chi connectivity index (χ0) is 11.3. The molecule has 2 nitrogen and oxygen atoms in total. The minimum absolute atomic E-state index is 0.00986. The fourth-order valence-electron chi connectivity index (χ4n) is 1.00. The number of hydrogen-bond donors (Lipinski definition) is 1. The molecule has 0 unspecified atom stereocenters. The van der Waals surface area contributed by atoms with Gasteiger partial charge in [-0.1, -0.05) is 27.5 Å². The van der Waals surface area contributed by atoms with Crippen molar-refractivity contribution in [1.29, 1.82) is 0 Å². The number of halogens is 2. The Morgan fingerprint density at radius 1 is 1.60 bits per heavy atom. The molecular weight excluding hydrogens is 298 g/mol. The number of benzene rings is 1. The zero-order valence-electron chi connectivity index (χ0n) is 8.22. The minimum Gasteiger partial charge on any atom is -0.325 e. The largest absolute Gasteiger partial charge is 0.325 e. The van der Waals surface area contributed by atoms with E-state index in [0.29, 0.717) is 17.1 Å². The third kappa shape index (κ3) is 4.45. The molecule has 0 aliphatic rings. The quantitative estimate of drug-likeness (QED) is 0.917. The van der Waals surface area contributed by atoms with Crippen LogP contribution in [-0.2, 0) is 4.79 Å². The molecule has 0 atom stereocenters. The molecule has 1 N–H and O–H groups in total. The normalized spacial score (nSPS) is 10.1. The minimum atomic E-state index is -0.00986. The highest BCUT2D eigenvalue weighted by Crippen LogP contribution is 2.25. The summed E-state index contributed by atoms with van der Waals surface area (Å²) in [7, 11) is 0. The number of hydrogen-bond acceptors (Lipinski definition) is 2. The number of anilines is 1. The van der Waals surface area contributed by atoms with Gasteiger partial charge in [-0.15, -0.1) is 0 Å². The SMILES string of the molecule is CSCCC(=O)Nc1cc(Br)ccc1Cl. The Labute approximate surface area is 107 Å². The summed E-state index contributed by atoms with van der Waals surface area (Å²) in [4.78, 5) is 11.4. The Morgan fingerprint density at radius 2 is 2.33 bits per heavy atom. The number of carbonyl (C=O) groups excluding carboxylic acids is 1. The molecule has 0 aromatic heterocycles. The lowest BCUT2D eigenvalue weighted by Crippen LogP contribution is -2.12. The first-order valence-corrected chi connectivity index (χ1v) is 6.94. The number of carbonyl (C=O) groups is 1. The topological polar surface area (TPSA) is 29.1 Å². The van der Waals surface area contributed by atoms with Gasteiger partial charge in [0, 0.05) is 16.6 Å². The molecule has 0 saturated carbocycles. The van der Waals surface area contributed by atoms with Gasteiger partial charge in [0.1, 0.15) is 0 Å². The molecule has 1 aromatic rings. The van der Waals surface area contributed by atoms with Gasteiger partial charge >= 0.3 is 0 Å². The fourth-order valence-corrected chi connectivity index (χ4v) is 1.92. The van der Waals surface area contributed by atoms with Crippen LogP contribution < -0.4 is 5.32 Å². The molecule has 1 amide bonds. The summed E-state index contributed by atoms with van der Waals surface area (Å²) < 4.78 is 0.895. The van der Waals surface area contributed by atoms with E-state index < -0.39 is 0 Å². The van der Waals surface area contributed by atoms with Gasteiger partial charge in [0.25, 0.3) is 0 Å². The number of rotatable bonds is 4. The second kappa shape index (κ2) is 6.40. The van der Waals surface area contributed by atoms with Crippen molar-refractivity contribution in [2.45, 2.75) is 6.42 Å². The molecule has 0 fully saturated rings. The van der Waals surface area contributed by atoms with Crippen molar-refractivity contribution in [1.82, 2.24) is 0 Å². The van der Waals surface area contributed by atoms with Crippen LogP contribution in [0.15, 0.2) is 22.7 Å². The summed E-state index contributed by atoms with van der Waals surface area (Å²) in [5, 5.41) is 3.32. The van der Waals surface area contributed by atoms with E-state index in [0.717, 1.165) is 10.2 Å². The standard InChI is InChI=1S/C10H11BrClNOS/c1-15-5-4-10(14)13-9-6-7(11)2-3-8(9)12/h2-3,6H,4-5H2,1H3,(H,13,14). The van der Waals surface area contributed by atoms with Crippen molar-refractivity contribution >= 4 is 50.9 Å². The maximum atomic E-state index is 11.4. The molecule has 1 aromatic carbocycles. The maximum absolute atomic E-state index is 11.4. The highest BCUT2D eigenvalue weighted by Gasteiger charge is 2.05. The Balaban J connectivity index is 2.63. The average molecular weight is 309 g/mol. The van der Waals surface area contributed by atoms with Gasteiger partial charge in [0.2, 0.25) is 5.91 Å². The summed E-state index contributed by atoms with van der Waals surface area (Å²) in [5.74, 6) is 0.807. The van der Waals surface area contributed by atoms with Crippen LogP contribution in [0.25, 0.3) is 0 Å². The van der Waals surface area contributed by atoms with Crippen LogP contribution >= 0.6 is 39.3 Å². The summed E-state index contributed by atoms with van der Waals surface area (Å²) in [6, 6.07) is 5.37. The molecule has 0 spiro atoms. The van der Waals surface area contributed by atoms with E-state index in [9.17, 15) is 4.79 Å². The number of thioether (sulfide) groups is 1. The van der Waals surface area contributed by atoms with E-state index >= 15 is 0 Å². The van der Waals surface area contributed by atoms with E-state index in [1.165, 1.54) is 0 Å². The van der Waals surface area contributed by atoms with E-state index in [1.54, 1.807) is 23.9 Å². The Hall–Kier alpha value is -0.190. The monoisotopic (exact) mass is 307 g/mol. The molecule has 0 aliphatic carbocycles. The maximum Gasteiger partial charge on any atom is 0.225 e. The van der Waals surface area contributed by atoms with Crippen molar-refractivity contribution in [3.05, 3.63) is 27.7 Å². The summed E-state index contributed by atoms with van der Waals surface area (Å²) in [5.41, 5.74) is 0.650. The molecule has 0 heterocycles. The second-order valence-corrected chi connectivity index (χ2v) is 5.22. The van der Waals surface area contributed by atoms with Crippen molar-refractivity contribution in [2.75, 3.05) is 17.3 Å². The van der Waals surface area contributed by atoms with Gasteiger partial charge < -0.3 is 5.32 Å². The highest BCUT2D eigenvalue weighted by molar-refractivity contribution is 9.10. The fraction of sp³-hybridized carbons (Fsp3) is 0.300. The van der Waals surface area contributed by atoms with E-state index in [4.69, 9.17) is 11.6 Å². The van der Waals surface area contributed by atoms with Crippen LogP contribution in [0.2, 0.25) is 5.02 Å². The van der Waals surface area contributed by atoms with Gasteiger partial charge in [-0.2, -0.15) is 11.8 Å². The molecule has 15 heavy (non-hydrogen) atoms. The lowest BCUT2D eigenvalue weighted by atomic mass is 10.3. The summed E-state index contributed by atoms with van der Waals surface area (Å²) in [6.45, 7) is 0. The van der Waals surface area contributed by atoms with Gasteiger partial charge in [-0.05, 0) is 24.5 Å². The molecule has 82 valence electrons. The molecule has 0 radical (unpaired) electrons. The van der Waals surface area contributed by atoms with E-state index in [-0.39, 0.29) is 5.91 Å². The summed E-state index contributed by atoms with van der Waals surface area (Å²) in [6.07, 6.45) is 2.48. The van der Waals surface area contributed by atoms with E-state index in [2.05, 4.69) is 21.2 Å². The number of amides is 1. The van der Waals surface area contributed by atoms with Gasteiger partial charge in [-0.25, -0.2) is 0 Å². The predicted octanol–water partition coefficient (Wildman–Crippen LogP) is 3.79. The Kier molecular flexibility index (Phi) is 5.50. The lowest BCUT2D eigenvalue weighted by molar-refractivity contribution is -0.115. The third-order valence-electron chi connectivity index (χ3n) is 1.74. The first kappa shape index (κ1) is 12.9. The molecule has 5 heteroatoms. The van der Waals surface area contributed by atoms with Gasteiger partial charge in [-0.3, -0.25) is 4.79 Å². The molecular formula is C10H11BrClNOS. The molecule has 1 rings (SSSR count). The smallest absolute Gasteiger partial charge is 0.225 e. The van der Waals surface area contributed by atoms with E-state index in [1.807, 2.05) is 12.3 Å². The first-order chi connectivity index (χ1) is 7.13. The summed E-state index contributed by atoms with van der Waals surface area (Å²) >= 11 is 10.9. The molecule has 0 aliphatic heterocycles. The zero-order valence-corrected chi connectivity index (χ0v) is 11.4. The van der Waals surface area contributed by atoms with Crippen molar-refractivity contribution in [3.63, 3.8) is 0 Å². The van der Waals surface area contributed by atoms with Crippen LogP contribution in [0.4, 0.5) is 5.69 Å². The van der Waals surface area contributed by atoms with Crippen molar-refractivity contribution in [2.24, 2.45) is 0 Å². The predicted molar refractivity (Wildman–Crippen MR) is 70.8 cm³/mol. The molecule has 0 bridgehead atoms. The van der Waals surface area contributed by atoms with Gasteiger partial charge in [0.15, 0.2) is 0 Å². The van der Waals surface area contributed by atoms with Crippen LogP contribution in [0.1, 0.15) is 6.42 Å². The van der Waals surface area contributed by atoms with Gasteiger partial charge in [0.05, 0.1) is 10.7 Å². The lowest BCUT2D eigenvalue weighted by Gasteiger charge is -2.07. The van der Waals surface area contributed by atoms with Crippen molar-refractivity contribution in [3.8, 4) is 0 Å². The van der Waals surface area contributed by atoms with Crippen LogP contribution in [0.3, 0.4) is 0 Å². The van der Waals surface area contributed by atoms with Crippen LogP contribution in [0, 0.1) is 0 Å². The third-order valence-corrected chi connectivity index (χ3v) is 3.17. The number of nitrogens with one attached hydrogen (secondary N) is 1. The average Bonchev–Trinajstić information content (AvgIpc) is 2.20. The van der Waals surface area contributed by atoms with Crippen molar-refractivity contribution < 1.29 is 4.79 Å². The molecule has 0 saturated heterocycles. The highest BCUT2D eigenvalue weighted by atomic mass is 79.9. The Morgan fingerprint density at radius 3 is 3.00 bits per heavy atom. The van der Waals surface area contributed by atoms with Crippen LogP contribution in [0.5, 0.6) is 0 Å². The second-order valence-electron chi connectivity index (χ2n) is 2.92. The Bertz CT molecular complexity index is 359. The van der Waals surface area contributed by atoms with Crippen LogP contribution in [-0.4, -0.2) is 17.9 Å².